The fraction of sp³-hybridized carbons (Fsp3) is 0.478. The number of nitrogens with one attached hydrogen (secondary N) is 1. The lowest BCUT2D eigenvalue weighted by Crippen LogP contribution is -2.46. The van der Waals surface area contributed by atoms with Gasteiger partial charge in [-0.1, -0.05) is 25.3 Å². The minimum Gasteiger partial charge on any atom is -0.482 e. The molecule has 2 aromatic rings. The number of hydrogen-bond donors (Lipinski definition) is 1. The molecule has 2 aliphatic rings. The van der Waals surface area contributed by atoms with Crippen molar-refractivity contribution in [3.05, 3.63) is 40.1 Å². The summed E-state index contributed by atoms with van der Waals surface area (Å²) in [6, 6.07) is 7.10. The van der Waals surface area contributed by atoms with Crippen molar-refractivity contribution in [1.29, 1.82) is 0 Å². The Morgan fingerprint density at radius 2 is 2.00 bits per heavy atom. The summed E-state index contributed by atoms with van der Waals surface area (Å²) in [7, 11) is -2.51. The Kier molecular flexibility index (Phi) is 7.06. The van der Waals surface area contributed by atoms with Crippen molar-refractivity contribution in [3.63, 3.8) is 0 Å². The van der Waals surface area contributed by atoms with Crippen molar-refractivity contribution >= 4 is 38.9 Å². The largest absolute Gasteiger partial charge is 0.482 e. The Bertz CT molecular complexity index is 1130. The minimum atomic E-state index is -3.94. The first-order chi connectivity index (χ1) is 15.8. The van der Waals surface area contributed by atoms with Crippen molar-refractivity contribution in [2.45, 2.75) is 56.5 Å². The number of carbonyl (C=O) groups excluding carboxylic acids is 2. The number of hydrogen-bond acceptors (Lipinski definition) is 6. The standard InChI is InChI=1S/C23H29N3O5S2/c1-16-11-19-20(31-15-22(27)24-19)12-21(16)33(29,30)25(2)14-23(28)26(13-18-9-6-10-32-18)17-7-4-3-5-8-17/h6,9-12,17H,3-5,7-8,13-15H2,1-2H3,(H,24,27). The van der Waals surface area contributed by atoms with Crippen LogP contribution in [0.1, 0.15) is 42.5 Å². The van der Waals surface area contributed by atoms with Crippen LogP contribution in [-0.4, -0.2) is 55.7 Å². The van der Waals surface area contributed by atoms with Gasteiger partial charge in [0.1, 0.15) is 5.75 Å². The molecule has 4 rings (SSSR count). The molecule has 33 heavy (non-hydrogen) atoms. The summed E-state index contributed by atoms with van der Waals surface area (Å²) in [6.45, 7) is 1.76. The zero-order chi connectivity index (χ0) is 23.6. The topological polar surface area (TPSA) is 96.0 Å². The summed E-state index contributed by atoms with van der Waals surface area (Å²) in [4.78, 5) is 27.9. The van der Waals surface area contributed by atoms with Crippen molar-refractivity contribution < 1.29 is 22.7 Å². The van der Waals surface area contributed by atoms with Gasteiger partial charge in [-0.15, -0.1) is 11.3 Å². The number of rotatable bonds is 7. The minimum absolute atomic E-state index is 0.0650. The summed E-state index contributed by atoms with van der Waals surface area (Å²) in [5, 5.41) is 4.67. The second-order valence-corrected chi connectivity index (χ2v) is 11.7. The maximum Gasteiger partial charge on any atom is 0.262 e. The molecule has 1 aromatic heterocycles. The number of amides is 2. The van der Waals surface area contributed by atoms with Crippen LogP contribution in [0.15, 0.2) is 34.5 Å². The lowest BCUT2D eigenvalue weighted by atomic mass is 9.94. The van der Waals surface area contributed by atoms with Gasteiger partial charge in [-0.05, 0) is 42.8 Å². The van der Waals surface area contributed by atoms with Crippen LogP contribution >= 0.6 is 11.3 Å². The van der Waals surface area contributed by atoms with E-state index < -0.39 is 10.0 Å². The molecule has 0 radical (unpaired) electrons. The molecule has 0 bridgehead atoms. The molecule has 1 aliphatic carbocycles. The monoisotopic (exact) mass is 491 g/mol. The second kappa shape index (κ2) is 9.82. The Hall–Kier alpha value is -2.43. The number of likely N-dealkylation sites (N-methyl/N-ethyl adjacent to an activating group) is 1. The Morgan fingerprint density at radius 1 is 1.24 bits per heavy atom. The van der Waals surface area contributed by atoms with Crippen LogP contribution < -0.4 is 10.1 Å². The third-order valence-corrected chi connectivity index (χ3v) is 9.00. The molecule has 2 heterocycles. The zero-order valence-electron chi connectivity index (χ0n) is 18.9. The van der Waals surface area contributed by atoms with E-state index in [4.69, 9.17) is 4.74 Å². The van der Waals surface area contributed by atoms with Gasteiger partial charge in [0.05, 0.1) is 23.7 Å². The third kappa shape index (κ3) is 5.23. The fourth-order valence-corrected chi connectivity index (χ4v) is 6.45. The molecule has 1 N–H and O–H groups in total. The summed E-state index contributed by atoms with van der Waals surface area (Å²) in [6.07, 6.45) is 5.23. The predicted molar refractivity (Wildman–Crippen MR) is 127 cm³/mol. The van der Waals surface area contributed by atoms with Gasteiger partial charge in [-0.3, -0.25) is 9.59 Å². The second-order valence-electron chi connectivity index (χ2n) is 8.60. The number of sulfonamides is 1. The normalized spacial score (nSPS) is 16.8. The molecule has 10 heteroatoms. The van der Waals surface area contributed by atoms with Crippen LogP contribution in [0.3, 0.4) is 0 Å². The smallest absolute Gasteiger partial charge is 0.262 e. The van der Waals surface area contributed by atoms with E-state index in [0.29, 0.717) is 23.5 Å². The third-order valence-electron chi connectivity index (χ3n) is 6.20. The molecule has 1 aliphatic heterocycles. The van der Waals surface area contributed by atoms with Gasteiger partial charge < -0.3 is 15.0 Å². The average molecular weight is 492 g/mol. The van der Waals surface area contributed by atoms with E-state index in [1.807, 2.05) is 22.4 Å². The fourth-order valence-electron chi connectivity index (χ4n) is 4.41. The number of fused-ring (bicyclic) bond motifs is 1. The molecule has 1 aromatic carbocycles. The molecule has 0 atom stereocenters. The maximum absolute atomic E-state index is 13.4. The van der Waals surface area contributed by atoms with E-state index in [1.165, 1.54) is 19.5 Å². The van der Waals surface area contributed by atoms with Crippen LogP contribution in [0.4, 0.5) is 5.69 Å². The van der Waals surface area contributed by atoms with Crippen molar-refractivity contribution in [1.82, 2.24) is 9.21 Å². The van der Waals surface area contributed by atoms with E-state index in [2.05, 4.69) is 5.32 Å². The van der Waals surface area contributed by atoms with Gasteiger partial charge in [0, 0.05) is 24.0 Å². The van der Waals surface area contributed by atoms with Crippen LogP contribution in [0.5, 0.6) is 5.75 Å². The van der Waals surface area contributed by atoms with Gasteiger partial charge in [-0.25, -0.2) is 8.42 Å². The lowest BCUT2D eigenvalue weighted by molar-refractivity contribution is -0.135. The van der Waals surface area contributed by atoms with E-state index in [-0.39, 0.29) is 35.9 Å². The SMILES string of the molecule is Cc1cc2c(cc1S(=O)(=O)N(C)CC(=O)N(Cc1cccs1)C1CCCCC1)OCC(=O)N2. The number of carbonyl (C=O) groups is 2. The average Bonchev–Trinajstić information content (AvgIpc) is 3.30. The zero-order valence-corrected chi connectivity index (χ0v) is 20.5. The van der Waals surface area contributed by atoms with E-state index in [9.17, 15) is 18.0 Å². The highest BCUT2D eigenvalue weighted by molar-refractivity contribution is 7.89. The van der Waals surface area contributed by atoms with E-state index >= 15 is 0 Å². The van der Waals surface area contributed by atoms with Crippen molar-refractivity contribution in [2.24, 2.45) is 0 Å². The number of thiophene rings is 1. The molecule has 2 amide bonds. The van der Waals surface area contributed by atoms with Gasteiger partial charge >= 0.3 is 0 Å². The first kappa shape index (κ1) is 23.7. The first-order valence-electron chi connectivity index (χ1n) is 11.1. The lowest BCUT2D eigenvalue weighted by Gasteiger charge is -2.35. The summed E-state index contributed by atoms with van der Waals surface area (Å²) < 4.78 is 33.2. The number of nitrogens with zero attached hydrogens (tertiary/aromatic N) is 2. The number of benzene rings is 1. The first-order valence-corrected chi connectivity index (χ1v) is 13.4. The van der Waals surface area contributed by atoms with Gasteiger partial charge in [-0.2, -0.15) is 4.31 Å². The van der Waals surface area contributed by atoms with Crippen LogP contribution in [0.2, 0.25) is 0 Å². The van der Waals surface area contributed by atoms with E-state index in [1.54, 1.807) is 24.3 Å². The summed E-state index contributed by atoms with van der Waals surface area (Å²) in [5.41, 5.74) is 0.919. The summed E-state index contributed by atoms with van der Waals surface area (Å²) >= 11 is 1.60. The Balaban J connectivity index is 1.54. The molecular weight excluding hydrogens is 462 g/mol. The van der Waals surface area contributed by atoms with Crippen molar-refractivity contribution in [3.8, 4) is 5.75 Å². The molecule has 1 saturated carbocycles. The molecule has 1 fully saturated rings. The molecule has 0 saturated heterocycles. The highest BCUT2D eigenvalue weighted by Gasteiger charge is 2.31. The summed E-state index contributed by atoms with van der Waals surface area (Å²) in [5.74, 6) is -0.172. The van der Waals surface area contributed by atoms with Gasteiger partial charge in [0.15, 0.2) is 6.61 Å². The molecule has 0 spiro atoms. The highest BCUT2D eigenvalue weighted by Crippen LogP contribution is 2.34. The maximum atomic E-state index is 13.4. The van der Waals surface area contributed by atoms with Gasteiger partial charge in [0.2, 0.25) is 15.9 Å². The van der Waals surface area contributed by atoms with Gasteiger partial charge in [0.25, 0.3) is 5.91 Å². The quantitative estimate of drug-likeness (QED) is 0.641. The number of aryl methyl sites for hydroxylation is 1. The number of anilines is 1. The molecule has 0 unspecified atom stereocenters. The van der Waals surface area contributed by atoms with Crippen LogP contribution in [-0.2, 0) is 26.2 Å². The van der Waals surface area contributed by atoms with Crippen molar-refractivity contribution in [2.75, 3.05) is 25.5 Å². The number of ether oxygens (including phenoxy) is 1. The Morgan fingerprint density at radius 3 is 2.70 bits per heavy atom. The van der Waals surface area contributed by atoms with E-state index in [0.717, 1.165) is 34.9 Å². The molecule has 178 valence electrons. The Labute approximate surface area is 198 Å². The predicted octanol–water partition coefficient (Wildman–Crippen LogP) is 3.37. The highest BCUT2D eigenvalue weighted by atomic mass is 32.2. The molecule has 8 nitrogen and oxygen atoms in total. The molecular formula is C23H29N3O5S2. The van der Waals surface area contributed by atoms with Crippen LogP contribution in [0.25, 0.3) is 0 Å². The van der Waals surface area contributed by atoms with Crippen LogP contribution in [0, 0.1) is 6.92 Å².